The Morgan fingerprint density at radius 3 is 2.50 bits per heavy atom. The molecule has 0 aliphatic heterocycles. The number of hydrogen-bond donors (Lipinski definition) is 2. The van der Waals surface area contributed by atoms with Gasteiger partial charge in [0, 0.05) is 12.2 Å². The molecule has 3 N–H and O–H groups in total. The van der Waals surface area contributed by atoms with Crippen LogP contribution in [-0.4, -0.2) is 15.0 Å². The maximum absolute atomic E-state index is 12.3. The van der Waals surface area contributed by atoms with Crippen LogP contribution in [0.1, 0.15) is 23.1 Å². The molecule has 0 atom stereocenters. The first-order chi connectivity index (χ1) is 10.5. The topological polar surface area (TPSA) is 72.2 Å². The molecule has 0 radical (unpaired) electrons. The van der Waals surface area contributed by atoms with Crippen LogP contribution >= 0.6 is 0 Å². The van der Waals surface area contributed by atoms with Crippen molar-refractivity contribution in [3.05, 3.63) is 59.2 Å². The molecule has 3 rings (SSSR count). The van der Waals surface area contributed by atoms with Gasteiger partial charge in [-0.05, 0) is 66.6 Å². The fourth-order valence-corrected chi connectivity index (χ4v) is 3.89. The molecular formula is C17H20N2O2S. The molecule has 0 amide bonds. The van der Waals surface area contributed by atoms with Crippen LogP contribution in [0.4, 0.5) is 5.69 Å². The summed E-state index contributed by atoms with van der Waals surface area (Å²) in [5.41, 5.74) is 9.85. The minimum Gasteiger partial charge on any atom is -0.399 e. The molecule has 4 nitrogen and oxygen atoms in total. The van der Waals surface area contributed by atoms with Crippen LogP contribution in [0.25, 0.3) is 0 Å². The molecule has 1 aliphatic rings. The number of fused-ring (bicyclic) bond motifs is 1. The molecule has 0 saturated heterocycles. The van der Waals surface area contributed by atoms with Gasteiger partial charge in [0.1, 0.15) is 0 Å². The highest BCUT2D eigenvalue weighted by molar-refractivity contribution is 7.89. The Morgan fingerprint density at radius 1 is 1.00 bits per heavy atom. The van der Waals surface area contributed by atoms with Crippen LogP contribution in [0.15, 0.2) is 47.4 Å². The molecule has 0 heterocycles. The lowest BCUT2D eigenvalue weighted by molar-refractivity contribution is 0.581. The summed E-state index contributed by atoms with van der Waals surface area (Å²) in [5.74, 6) is 0. The first-order valence-electron chi connectivity index (χ1n) is 7.50. The van der Waals surface area contributed by atoms with E-state index < -0.39 is 10.0 Å². The zero-order valence-corrected chi connectivity index (χ0v) is 13.2. The smallest absolute Gasteiger partial charge is 0.240 e. The lowest BCUT2D eigenvalue weighted by Crippen LogP contribution is -2.26. The molecule has 1 aliphatic carbocycles. The molecule has 0 spiro atoms. The second-order valence-corrected chi connectivity index (χ2v) is 7.44. The summed E-state index contributed by atoms with van der Waals surface area (Å²) < 4.78 is 27.4. The molecule has 22 heavy (non-hydrogen) atoms. The Balaban J connectivity index is 1.65. The van der Waals surface area contributed by atoms with Gasteiger partial charge in [0.2, 0.25) is 10.0 Å². The Labute approximate surface area is 131 Å². The highest BCUT2D eigenvalue weighted by Crippen LogP contribution is 2.24. The Bertz CT molecular complexity index is 768. The molecule has 5 heteroatoms. The Kier molecular flexibility index (Phi) is 4.18. The van der Waals surface area contributed by atoms with Gasteiger partial charge in [-0.3, -0.25) is 0 Å². The predicted octanol–water partition coefficient (Wildman–Crippen LogP) is 2.28. The highest BCUT2D eigenvalue weighted by atomic mass is 32.2. The summed E-state index contributed by atoms with van der Waals surface area (Å²) >= 11 is 0. The van der Waals surface area contributed by atoms with Gasteiger partial charge in [-0.1, -0.05) is 18.2 Å². The first-order valence-corrected chi connectivity index (χ1v) is 8.99. The molecule has 0 unspecified atom stereocenters. The summed E-state index contributed by atoms with van der Waals surface area (Å²) in [5, 5.41) is 0. The largest absolute Gasteiger partial charge is 0.399 e. The second kappa shape index (κ2) is 6.10. The number of benzene rings is 2. The van der Waals surface area contributed by atoms with Gasteiger partial charge in [-0.25, -0.2) is 13.1 Å². The quantitative estimate of drug-likeness (QED) is 0.831. The lowest BCUT2D eigenvalue weighted by Gasteiger charge is -2.09. The number of nitrogens with two attached hydrogens (primary N) is 1. The van der Waals surface area contributed by atoms with E-state index in [1.165, 1.54) is 11.1 Å². The van der Waals surface area contributed by atoms with Gasteiger partial charge < -0.3 is 5.73 Å². The number of hydrogen-bond acceptors (Lipinski definition) is 3. The Morgan fingerprint density at radius 2 is 1.73 bits per heavy atom. The molecule has 0 fully saturated rings. The minimum absolute atomic E-state index is 0.366. The van der Waals surface area contributed by atoms with Crippen molar-refractivity contribution in [3.63, 3.8) is 0 Å². The Hall–Kier alpha value is -1.85. The highest BCUT2D eigenvalue weighted by Gasteiger charge is 2.17. The van der Waals surface area contributed by atoms with Gasteiger partial charge in [-0.15, -0.1) is 0 Å². The van der Waals surface area contributed by atoms with E-state index in [-0.39, 0.29) is 0 Å². The second-order valence-electron chi connectivity index (χ2n) is 5.67. The van der Waals surface area contributed by atoms with Gasteiger partial charge >= 0.3 is 0 Å². The number of nitrogen functional groups attached to an aromatic ring is 1. The van der Waals surface area contributed by atoms with E-state index >= 15 is 0 Å². The third-order valence-electron chi connectivity index (χ3n) is 4.07. The SMILES string of the molecule is Nc1ccc(CCNS(=O)(=O)c2ccc3c(c2)CCC3)cc1. The van der Waals surface area contributed by atoms with Gasteiger partial charge in [0.05, 0.1) is 4.90 Å². The number of anilines is 1. The summed E-state index contributed by atoms with van der Waals surface area (Å²) in [6.07, 6.45) is 3.79. The van der Waals surface area contributed by atoms with Crippen LogP contribution in [-0.2, 0) is 29.3 Å². The van der Waals surface area contributed by atoms with Crippen molar-refractivity contribution in [2.45, 2.75) is 30.6 Å². The maximum Gasteiger partial charge on any atom is 0.240 e. The summed E-state index contributed by atoms with van der Waals surface area (Å²) in [6.45, 7) is 0.378. The molecule has 0 saturated carbocycles. The molecule has 2 aromatic carbocycles. The summed E-state index contributed by atoms with van der Waals surface area (Å²) in [4.78, 5) is 0.366. The van der Waals surface area contributed by atoms with Crippen molar-refractivity contribution in [1.29, 1.82) is 0 Å². The monoisotopic (exact) mass is 316 g/mol. The average Bonchev–Trinajstić information content (AvgIpc) is 2.96. The summed E-state index contributed by atoms with van der Waals surface area (Å²) in [6, 6.07) is 12.9. The van der Waals surface area contributed by atoms with E-state index in [1.54, 1.807) is 6.07 Å². The number of aryl methyl sites for hydroxylation is 2. The van der Waals surface area contributed by atoms with Crippen LogP contribution in [0.3, 0.4) is 0 Å². The van der Waals surface area contributed by atoms with Crippen molar-refractivity contribution < 1.29 is 8.42 Å². The van der Waals surface area contributed by atoms with E-state index in [1.807, 2.05) is 36.4 Å². The van der Waals surface area contributed by atoms with Gasteiger partial charge in [-0.2, -0.15) is 0 Å². The van der Waals surface area contributed by atoms with Crippen molar-refractivity contribution in [1.82, 2.24) is 4.72 Å². The van der Waals surface area contributed by atoms with E-state index in [4.69, 9.17) is 5.73 Å². The maximum atomic E-state index is 12.3. The zero-order chi connectivity index (χ0) is 15.6. The molecular weight excluding hydrogens is 296 g/mol. The lowest BCUT2D eigenvalue weighted by atomic mass is 10.1. The predicted molar refractivity (Wildman–Crippen MR) is 88.2 cm³/mol. The van der Waals surface area contributed by atoms with Crippen molar-refractivity contribution in [2.24, 2.45) is 0 Å². The van der Waals surface area contributed by atoms with E-state index in [2.05, 4.69) is 4.72 Å². The molecule has 0 aromatic heterocycles. The van der Waals surface area contributed by atoms with Crippen LogP contribution < -0.4 is 10.5 Å². The van der Waals surface area contributed by atoms with Crippen molar-refractivity contribution in [3.8, 4) is 0 Å². The number of nitrogens with one attached hydrogen (secondary N) is 1. The fourth-order valence-electron chi connectivity index (χ4n) is 2.81. The molecule has 2 aromatic rings. The minimum atomic E-state index is -3.43. The standard InChI is InChI=1S/C17H20N2O2S/c18-16-7-4-13(5-8-16)10-11-19-22(20,21)17-9-6-14-2-1-3-15(14)12-17/h4-9,12,19H,1-3,10-11,18H2. The van der Waals surface area contributed by atoms with Gasteiger partial charge in [0.25, 0.3) is 0 Å². The van der Waals surface area contributed by atoms with Crippen LogP contribution in [0, 0.1) is 0 Å². The average molecular weight is 316 g/mol. The van der Waals surface area contributed by atoms with Gasteiger partial charge in [0.15, 0.2) is 0 Å². The van der Waals surface area contributed by atoms with E-state index in [9.17, 15) is 8.42 Å². The third kappa shape index (κ3) is 3.31. The summed E-state index contributed by atoms with van der Waals surface area (Å²) in [7, 11) is -3.43. The van der Waals surface area contributed by atoms with Crippen molar-refractivity contribution in [2.75, 3.05) is 12.3 Å². The van der Waals surface area contributed by atoms with E-state index in [0.717, 1.165) is 24.8 Å². The molecule has 116 valence electrons. The first kappa shape index (κ1) is 15.1. The van der Waals surface area contributed by atoms with Crippen molar-refractivity contribution >= 4 is 15.7 Å². The third-order valence-corrected chi connectivity index (χ3v) is 5.52. The van der Waals surface area contributed by atoms with E-state index in [0.29, 0.717) is 23.5 Å². The number of rotatable bonds is 5. The fraction of sp³-hybridized carbons (Fsp3) is 0.294. The number of sulfonamides is 1. The normalized spacial score (nSPS) is 14.0. The van der Waals surface area contributed by atoms with Crippen LogP contribution in [0.5, 0.6) is 0 Å². The van der Waals surface area contributed by atoms with Crippen LogP contribution in [0.2, 0.25) is 0 Å². The molecule has 0 bridgehead atoms. The zero-order valence-electron chi connectivity index (χ0n) is 12.4.